The molecule has 0 heterocycles. The second kappa shape index (κ2) is 24.1. The smallest absolute Gasteiger partial charge is 0.188 e. The normalized spacial score (nSPS) is 11.2. The van der Waals surface area contributed by atoms with Crippen LogP contribution in [0, 0.1) is 0 Å². The predicted molar refractivity (Wildman–Crippen MR) is 126 cm³/mol. The Hall–Kier alpha value is 0.0200. The molecule has 0 amide bonds. The SMILES string of the molecule is CCCCCCCCCCCCCCCC(=O)SCCCCCCCCC. The van der Waals surface area contributed by atoms with Crippen LogP contribution in [0.15, 0.2) is 0 Å². The minimum atomic E-state index is 0.434. The lowest BCUT2D eigenvalue weighted by molar-refractivity contribution is -0.111. The van der Waals surface area contributed by atoms with Crippen LogP contribution in [0.25, 0.3) is 0 Å². The van der Waals surface area contributed by atoms with Crippen LogP contribution in [-0.4, -0.2) is 10.9 Å². The van der Waals surface area contributed by atoms with Crippen molar-refractivity contribution in [3.05, 3.63) is 0 Å². The lowest BCUT2D eigenvalue weighted by Crippen LogP contribution is -1.94. The number of carbonyl (C=O) groups is 1. The number of rotatable bonds is 22. The summed E-state index contributed by atoms with van der Waals surface area (Å²) in [5, 5.41) is 0.434. The Balaban J connectivity index is 3.12. The largest absolute Gasteiger partial charge is 0.287 e. The number of hydrogen-bond acceptors (Lipinski definition) is 2. The van der Waals surface area contributed by atoms with Crippen LogP contribution in [-0.2, 0) is 4.79 Å². The average molecular weight is 399 g/mol. The Labute approximate surface area is 176 Å². The summed E-state index contributed by atoms with van der Waals surface area (Å²) < 4.78 is 0. The van der Waals surface area contributed by atoms with E-state index in [4.69, 9.17) is 0 Å². The zero-order valence-corrected chi connectivity index (χ0v) is 19.7. The minimum Gasteiger partial charge on any atom is -0.287 e. The molecule has 0 fully saturated rings. The van der Waals surface area contributed by atoms with Crippen LogP contribution in [0.2, 0.25) is 0 Å². The van der Waals surface area contributed by atoms with E-state index in [0.29, 0.717) is 5.12 Å². The van der Waals surface area contributed by atoms with Gasteiger partial charge in [0.15, 0.2) is 5.12 Å². The predicted octanol–water partition coefficient (Wildman–Crippen LogP) is 9.48. The number of thioether (sulfide) groups is 1. The van der Waals surface area contributed by atoms with Gasteiger partial charge >= 0.3 is 0 Å². The van der Waals surface area contributed by atoms with E-state index in [-0.39, 0.29) is 0 Å². The van der Waals surface area contributed by atoms with Gasteiger partial charge in [0.25, 0.3) is 0 Å². The molecule has 0 spiro atoms. The van der Waals surface area contributed by atoms with Crippen molar-refractivity contribution in [3.63, 3.8) is 0 Å². The van der Waals surface area contributed by atoms with Gasteiger partial charge in [0.2, 0.25) is 0 Å². The van der Waals surface area contributed by atoms with Crippen LogP contribution in [0.5, 0.6) is 0 Å². The van der Waals surface area contributed by atoms with Crippen LogP contribution in [0.4, 0.5) is 0 Å². The molecule has 0 aromatic carbocycles. The first-order valence-corrected chi connectivity index (χ1v) is 13.5. The molecule has 27 heavy (non-hydrogen) atoms. The fraction of sp³-hybridized carbons (Fsp3) is 0.960. The van der Waals surface area contributed by atoms with Gasteiger partial charge in [0.05, 0.1) is 0 Å². The molecule has 0 aliphatic rings. The van der Waals surface area contributed by atoms with E-state index in [2.05, 4.69) is 13.8 Å². The Kier molecular flexibility index (Phi) is 24.1. The summed E-state index contributed by atoms with van der Waals surface area (Å²) >= 11 is 1.59. The molecule has 0 aliphatic carbocycles. The quantitative estimate of drug-likeness (QED) is 0.169. The molecule has 0 aliphatic heterocycles. The fourth-order valence-electron chi connectivity index (χ4n) is 3.60. The van der Waals surface area contributed by atoms with Crippen molar-refractivity contribution < 1.29 is 4.79 Å². The third-order valence-corrected chi connectivity index (χ3v) is 6.51. The highest BCUT2D eigenvalue weighted by molar-refractivity contribution is 8.13. The molecule has 0 aromatic heterocycles. The summed E-state index contributed by atoms with van der Waals surface area (Å²) in [6.07, 6.45) is 28.0. The zero-order chi connectivity index (χ0) is 19.8. The molecule has 0 atom stereocenters. The van der Waals surface area contributed by atoms with Crippen molar-refractivity contribution in [1.82, 2.24) is 0 Å². The van der Waals surface area contributed by atoms with Crippen LogP contribution < -0.4 is 0 Å². The highest BCUT2D eigenvalue weighted by atomic mass is 32.2. The molecule has 1 nitrogen and oxygen atoms in total. The van der Waals surface area contributed by atoms with E-state index in [1.807, 2.05) is 0 Å². The highest BCUT2D eigenvalue weighted by Crippen LogP contribution is 2.16. The third-order valence-electron chi connectivity index (χ3n) is 5.50. The summed E-state index contributed by atoms with van der Waals surface area (Å²) in [6, 6.07) is 0. The lowest BCUT2D eigenvalue weighted by atomic mass is 10.0. The van der Waals surface area contributed by atoms with Gasteiger partial charge < -0.3 is 0 Å². The second-order valence-electron chi connectivity index (χ2n) is 8.33. The minimum absolute atomic E-state index is 0.434. The van der Waals surface area contributed by atoms with Crippen molar-refractivity contribution >= 4 is 16.9 Å². The maximum absolute atomic E-state index is 11.9. The second-order valence-corrected chi connectivity index (χ2v) is 9.49. The molecule has 0 aromatic rings. The topological polar surface area (TPSA) is 17.1 Å². The fourth-order valence-corrected chi connectivity index (χ4v) is 4.47. The summed E-state index contributed by atoms with van der Waals surface area (Å²) in [4.78, 5) is 11.9. The first-order chi connectivity index (χ1) is 13.3. The van der Waals surface area contributed by atoms with Gasteiger partial charge in [-0.15, -0.1) is 0 Å². The molecule has 0 N–H and O–H groups in total. The summed E-state index contributed by atoms with van der Waals surface area (Å²) in [5.74, 6) is 1.05. The Bertz CT molecular complexity index is 290. The van der Waals surface area contributed by atoms with Gasteiger partial charge in [-0.25, -0.2) is 0 Å². The van der Waals surface area contributed by atoms with E-state index < -0.39 is 0 Å². The van der Waals surface area contributed by atoms with Crippen molar-refractivity contribution in [2.24, 2.45) is 0 Å². The summed E-state index contributed by atoms with van der Waals surface area (Å²) in [5.41, 5.74) is 0. The highest BCUT2D eigenvalue weighted by Gasteiger charge is 2.02. The van der Waals surface area contributed by atoms with Gasteiger partial charge in [-0.05, 0) is 12.8 Å². The van der Waals surface area contributed by atoms with Gasteiger partial charge in [-0.1, -0.05) is 141 Å². The van der Waals surface area contributed by atoms with Crippen LogP contribution >= 0.6 is 11.8 Å². The molecule has 0 rings (SSSR count). The summed E-state index contributed by atoms with van der Waals surface area (Å²) in [6.45, 7) is 4.55. The maximum atomic E-state index is 11.9. The first kappa shape index (κ1) is 27.0. The molecule has 2 heteroatoms. The molecule has 0 radical (unpaired) electrons. The molecular weight excluding hydrogens is 348 g/mol. The molecular formula is C25H50OS. The van der Waals surface area contributed by atoms with Crippen molar-refractivity contribution in [2.45, 2.75) is 149 Å². The number of carbonyl (C=O) groups excluding carboxylic acids is 1. The molecule has 162 valence electrons. The van der Waals surface area contributed by atoms with Crippen LogP contribution in [0.1, 0.15) is 149 Å². The molecule has 0 saturated heterocycles. The van der Waals surface area contributed by atoms with Crippen LogP contribution in [0.3, 0.4) is 0 Å². The Morgan fingerprint density at radius 2 is 0.815 bits per heavy atom. The van der Waals surface area contributed by atoms with Gasteiger partial charge in [0, 0.05) is 12.2 Å². The number of hydrogen-bond donors (Lipinski definition) is 0. The maximum Gasteiger partial charge on any atom is 0.188 e. The van der Waals surface area contributed by atoms with E-state index in [1.54, 1.807) is 11.8 Å². The van der Waals surface area contributed by atoms with Crippen molar-refractivity contribution in [3.8, 4) is 0 Å². The van der Waals surface area contributed by atoms with Crippen molar-refractivity contribution in [1.29, 1.82) is 0 Å². The molecule has 0 saturated carbocycles. The lowest BCUT2D eigenvalue weighted by Gasteiger charge is -2.04. The van der Waals surface area contributed by atoms with Crippen molar-refractivity contribution in [2.75, 3.05) is 5.75 Å². The Morgan fingerprint density at radius 1 is 0.481 bits per heavy atom. The number of unbranched alkanes of at least 4 members (excludes halogenated alkanes) is 18. The summed E-state index contributed by atoms with van der Waals surface area (Å²) in [7, 11) is 0. The first-order valence-electron chi connectivity index (χ1n) is 12.5. The third kappa shape index (κ3) is 24.0. The van der Waals surface area contributed by atoms with E-state index in [9.17, 15) is 4.79 Å². The van der Waals surface area contributed by atoms with E-state index in [1.165, 1.54) is 122 Å². The molecule has 0 unspecified atom stereocenters. The monoisotopic (exact) mass is 398 g/mol. The average Bonchev–Trinajstić information content (AvgIpc) is 2.67. The van der Waals surface area contributed by atoms with E-state index >= 15 is 0 Å². The zero-order valence-electron chi connectivity index (χ0n) is 18.9. The van der Waals surface area contributed by atoms with Gasteiger partial charge in [0.1, 0.15) is 0 Å². The Morgan fingerprint density at radius 3 is 1.22 bits per heavy atom. The standard InChI is InChI=1S/C25H50OS/c1-3-5-7-9-11-12-13-14-15-16-17-19-21-23-25(26)27-24-22-20-18-10-8-6-4-2/h3-24H2,1-2H3. The van der Waals surface area contributed by atoms with E-state index in [0.717, 1.165) is 18.6 Å². The van der Waals surface area contributed by atoms with Gasteiger partial charge in [-0.3, -0.25) is 4.79 Å². The molecule has 0 bridgehead atoms. The van der Waals surface area contributed by atoms with Gasteiger partial charge in [-0.2, -0.15) is 0 Å².